The maximum Gasteiger partial charge on any atom is 0.0252 e. The first kappa shape index (κ1) is 11.2. The maximum absolute atomic E-state index is 3.61. The van der Waals surface area contributed by atoms with Crippen molar-refractivity contribution in [1.29, 1.82) is 0 Å². The van der Waals surface area contributed by atoms with Crippen molar-refractivity contribution >= 4 is 29.2 Å². The Bertz CT molecular complexity index is 288. The largest absolute Gasteiger partial charge is 0.0718 e. The summed E-state index contributed by atoms with van der Waals surface area (Å²) < 4.78 is 1.25. The molecule has 0 N–H and O–H groups in total. The van der Waals surface area contributed by atoms with Crippen LogP contribution in [-0.2, 0) is 0 Å². The first-order chi connectivity index (χ1) is 5.93. The fourth-order valence-corrected chi connectivity index (χ4v) is 3.60. The second kappa shape index (κ2) is 4.11. The molecule has 1 atom stereocenters. The van der Waals surface area contributed by atoms with Crippen molar-refractivity contribution in [2.75, 3.05) is 6.66 Å². The molecule has 0 heterocycles. The van der Waals surface area contributed by atoms with E-state index in [0.29, 0.717) is 5.16 Å². The number of hydrogen-bond donors (Lipinski definition) is 0. The number of rotatable bonds is 1. The first-order valence-electron chi connectivity index (χ1n) is 4.41. The molecule has 0 nitrogen and oxygen atoms in total. The fourth-order valence-electron chi connectivity index (χ4n) is 1.09. The highest BCUT2D eigenvalue weighted by molar-refractivity contribution is 9.10. The standard InChI is InChI=1S/C11H16BrP/c1-11(2,3)13(4)10-8-6-5-7-9(10)12/h5-8H,1-4H3/t13-/m0/s1. The molecule has 0 aliphatic carbocycles. The van der Waals surface area contributed by atoms with E-state index in [1.165, 1.54) is 9.78 Å². The third-order valence-electron chi connectivity index (χ3n) is 2.22. The van der Waals surface area contributed by atoms with Crippen molar-refractivity contribution in [3.05, 3.63) is 28.7 Å². The molecule has 0 fully saturated rings. The van der Waals surface area contributed by atoms with E-state index in [1.54, 1.807) is 0 Å². The molecule has 72 valence electrons. The van der Waals surface area contributed by atoms with Gasteiger partial charge in [-0.05, 0) is 23.2 Å². The van der Waals surface area contributed by atoms with Crippen LogP contribution in [0.25, 0.3) is 0 Å². The number of benzene rings is 1. The molecule has 0 aliphatic rings. The molecule has 0 radical (unpaired) electrons. The Hall–Kier alpha value is 0.130. The van der Waals surface area contributed by atoms with Crippen LogP contribution in [0.15, 0.2) is 28.7 Å². The third kappa shape index (κ3) is 2.79. The van der Waals surface area contributed by atoms with E-state index in [0.717, 1.165) is 0 Å². The van der Waals surface area contributed by atoms with Gasteiger partial charge in [0.1, 0.15) is 0 Å². The Labute approximate surface area is 90.6 Å². The van der Waals surface area contributed by atoms with Gasteiger partial charge in [0.2, 0.25) is 0 Å². The molecule has 1 rings (SSSR count). The smallest absolute Gasteiger partial charge is 0.0252 e. The van der Waals surface area contributed by atoms with Crippen LogP contribution < -0.4 is 5.30 Å². The quantitative estimate of drug-likeness (QED) is 0.669. The monoisotopic (exact) mass is 258 g/mol. The van der Waals surface area contributed by atoms with E-state index in [-0.39, 0.29) is 7.92 Å². The molecule has 0 spiro atoms. The van der Waals surface area contributed by atoms with E-state index in [4.69, 9.17) is 0 Å². The van der Waals surface area contributed by atoms with Crippen molar-refractivity contribution < 1.29 is 0 Å². The molecule has 0 amide bonds. The molecule has 0 aromatic heterocycles. The van der Waals surface area contributed by atoms with Crippen molar-refractivity contribution in [3.8, 4) is 0 Å². The van der Waals surface area contributed by atoms with E-state index < -0.39 is 0 Å². The third-order valence-corrected chi connectivity index (χ3v) is 6.34. The first-order valence-corrected chi connectivity index (χ1v) is 6.99. The molecule has 2 heteroatoms. The lowest BCUT2D eigenvalue weighted by Crippen LogP contribution is -2.19. The zero-order chi connectivity index (χ0) is 10.1. The zero-order valence-corrected chi connectivity index (χ0v) is 11.1. The van der Waals surface area contributed by atoms with Crippen LogP contribution in [0.3, 0.4) is 0 Å². The van der Waals surface area contributed by atoms with Crippen LogP contribution in [-0.4, -0.2) is 11.8 Å². The summed E-state index contributed by atoms with van der Waals surface area (Å²) in [6, 6.07) is 8.53. The average molecular weight is 259 g/mol. The summed E-state index contributed by atoms with van der Waals surface area (Å²) in [5.41, 5.74) is 0. The summed E-state index contributed by atoms with van der Waals surface area (Å²) in [4.78, 5) is 0. The molecular formula is C11H16BrP. The van der Waals surface area contributed by atoms with Gasteiger partial charge in [0, 0.05) is 4.47 Å². The molecule has 1 aromatic carbocycles. The van der Waals surface area contributed by atoms with Gasteiger partial charge in [0.05, 0.1) is 0 Å². The van der Waals surface area contributed by atoms with Crippen LogP contribution in [0.2, 0.25) is 0 Å². The van der Waals surface area contributed by atoms with Gasteiger partial charge >= 0.3 is 0 Å². The Kier molecular flexibility index (Phi) is 3.54. The van der Waals surface area contributed by atoms with Gasteiger partial charge in [-0.1, -0.05) is 62.8 Å². The molecule has 0 saturated carbocycles. The minimum Gasteiger partial charge on any atom is -0.0718 e. The summed E-state index contributed by atoms with van der Waals surface area (Å²) in [7, 11) is -0.0844. The highest BCUT2D eigenvalue weighted by atomic mass is 79.9. The van der Waals surface area contributed by atoms with Crippen molar-refractivity contribution in [2.24, 2.45) is 0 Å². The van der Waals surface area contributed by atoms with E-state index in [9.17, 15) is 0 Å². The minimum absolute atomic E-state index is 0.0844. The zero-order valence-electron chi connectivity index (χ0n) is 8.63. The van der Waals surface area contributed by atoms with Gasteiger partial charge in [-0.2, -0.15) is 0 Å². The van der Waals surface area contributed by atoms with Crippen LogP contribution in [0.1, 0.15) is 20.8 Å². The predicted molar refractivity (Wildman–Crippen MR) is 66.4 cm³/mol. The van der Waals surface area contributed by atoms with Crippen molar-refractivity contribution in [3.63, 3.8) is 0 Å². The van der Waals surface area contributed by atoms with E-state index >= 15 is 0 Å². The molecule has 0 aliphatic heterocycles. The molecule has 0 unspecified atom stereocenters. The van der Waals surface area contributed by atoms with Crippen LogP contribution in [0.5, 0.6) is 0 Å². The highest BCUT2D eigenvalue weighted by Crippen LogP contribution is 2.46. The van der Waals surface area contributed by atoms with Crippen molar-refractivity contribution in [2.45, 2.75) is 25.9 Å². The summed E-state index contributed by atoms with van der Waals surface area (Å²) in [6.45, 7) is 9.25. The van der Waals surface area contributed by atoms with E-state index in [2.05, 4.69) is 67.6 Å². The Morgan fingerprint density at radius 1 is 1.15 bits per heavy atom. The summed E-state index contributed by atoms with van der Waals surface area (Å²) >= 11 is 3.61. The summed E-state index contributed by atoms with van der Waals surface area (Å²) in [6.07, 6.45) is 0. The Balaban J connectivity index is 3.02. The van der Waals surface area contributed by atoms with E-state index in [1.807, 2.05) is 0 Å². The highest BCUT2D eigenvalue weighted by Gasteiger charge is 2.22. The molecule has 1 aromatic rings. The summed E-state index contributed by atoms with van der Waals surface area (Å²) in [5, 5.41) is 1.85. The number of halogens is 1. The minimum atomic E-state index is -0.0844. The SMILES string of the molecule is C[P@@](c1ccccc1Br)C(C)(C)C. The second-order valence-electron chi connectivity index (χ2n) is 4.18. The van der Waals surface area contributed by atoms with Crippen molar-refractivity contribution in [1.82, 2.24) is 0 Å². The summed E-state index contributed by atoms with van der Waals surface area (Å²) in [5.74, 6) is 0. The van der Waals surface area contributed by atoms with Gasteiger partial charge in [-0.3, -0.25) is 0 Å². The lowest BCUT2D eigenvalue weighted by atomic mass is 10.3. The molecule has 0 bridgehead atoms. The molecule has 13 heavy (non-hydrogen) atoms. The fraction of sp³-hybridized carbons (Fsp3) is 0.455. The average Bonchev–Trinajstić information content (AvgIpc) is 2.02. The van der Waals surface area contributed by atoms with Gasteiger partial charge in [-0.15, -0.1) is 0 Å². The Morgan fingerprint density at radius 2 is 1.69 bits per heavy atom. The van der Waals surface area contributed by atoms with Gasteiger partial charge in [0.15, 0.2) is 0 Å². The lowest BCUT2D eigenvalue weighted by molar-refractivity contribution is 0.791. The van der Waals surface area contributed by atoms with Crippen LogP contribution >= 0.6 is 23.9 Å². The van der Waals surface area contributed by atoms with Gasteiger partial charge in [-0.25, -0.2) is 0 Å². The van der Waals surface area contributed by atoms with Crippen LogP contribution in [0, 0.1) is 0 Å². The van der Waals surface area contributed by atoms with Gasteiger partial charge in [0.25, 0.3) is 0 Å². The Morgan fingerprint density at radius 3 is 2.15 bits per heavy atom. The lowest BCUT2D eigenvalue weighted by Gasteiger charge is -2.28. The normalized spacial score (nSPS) is 14.2. The number of hydrogen-bond acceptors (Lipinski definition) is 0. The molecule has 0 saturated heterocycles. The topological polar surface area (TPSA) is 0 Å². The maximum atomic E-state index is 3.61. The van der Waals surface area contributed by atoms with Gasteiger partial charge < -0.3 is 0 Å². The van der Waals surface area contributed by atoms with Crippen LogP contribution in [0.4, 0.5) is 0 Å². The predicted octanol–water partition coefficient (Wildman–Crippen LogP) is 3.98. The second-order valence-corrected chi connectivity index (χ2v) is 7.98. The molecular weight excluding hydrogens is 243 g/mol.